The number of nitrogen functional groups attached to an aromatic ring is 1. The van der Waals surface area contributed by atoms with Crippen LogP contribution in [0.15, 0.2) is 60.3 Å². The lowest BCUT2D eigenvalue weighted by Gasteiger charge is -2.16. The zero-order chi connectivity index (χ0) is 17.1. The van der Waals surface area contributed by atoms with E-state index in [1.165, 1.54) is 5.56 Å². The molecule has 0 spiro atoms. The number of aryl methyl sites for hydroxylation is 1. The fourth-order valence-electron chi connectivity index (χ4n) is 2.51. The average molecular weight is 318 g/mol. The van der Waals surface area contributed by atoms with E-state index in [0.717, 1.165) is 11.1 Å². The van der Waals surface area contributed by atoms with Crippen LogP contribution in [0.4, 0.5) is 5.95 Å². The Morgan fingerprint density at radius 1 is 1.12 bits per heavy atom. The van der Waals surface area contributed by atoms with Crippen molar-refractivity contribution in [1.29, 1.82) is 5.41 Å². The molecule has 2 aromatic rings. The molecular weight excluding hydrogens is 300 g/mol. The van der Waals surface area contributed by atoms with Gasteiger partial charge < -0.3 is 15.9 Å². The monoisotopic (exact) mass is 318 g/mol. The molecule has 5 nitrogen and oxygen atoms in total. The molecule has 0 fully saturated rings. The summed E-state index contributed by atoms with van der Waals surface area (Å²) in [4.78, 5) is 8.15. The van der Waals surface area contributed by atoms with E-state index in [1.54, 1.807) is 25.4 Å². The van der Waals surface area contributed by atoms with Crippen LogP contribution in [0.25, 0.3) is 11.3 Å². The number of methoxy groups -OCH3 is 1. The van der Waals surface area contributed by atoms with Gasteiger partial charge in [-0.1, -0.05) is 35.9 Å². The Bertz CT molecular complexity index is 876. The van der Waals surface area contributed by atoms with Crippen LogP contribution in [-0.2, 0) is 4.74 Å². The highest BCUT2D eigenvalue weighted by atomic mass is 16.5. The maximum absolute atomic E-state index is 8.24. The number of nitrogens with zero attached hydrogens (tertiary/aromatic N) is 2. The van der Waals surface area contributed by atoms with Crippen molar-refractivity contribution in [2.75, 3.05) is 12.8 Å². The first-order chi connectivity index (χ1) is 11.6. The fourth-order valence-corrected chi connectivity index (χ4v) is 2.51. The van der Waals surface area contributed by atoms with E-state index in [9.17, 15) is 0 Å². The lowest BCUT2D eigenvalue weighted by Crippen LogP contribution is -2.07. The molecule has 0 saturated carbocycles. The van der Waals surface area contributed by atoms with Crippen molar-refractivity contribution >= 4 is 23.0 Å². The molecule has 3 rings (SSSR count). The van der Waals surface area contributed by atoms with Gasteiger partial charge in [0.05, 0.1) is 18.5 Å². The van der Waals surface area contributed by atoms with E-state index in [2.05, 4.69) is 9.97 Å². The third-order valence-electron chi connectivity index (χ3n) is 3.75. The van der Waals surface area contributed by atoms with Gasteiger partial charge in [-0.25, -0.2) is 9.97 Å². The van der Waals surface area contributed by atoms with E-state index >= 15 is 0 Å². The third kappa shape index (κ3) is 3.10. The topological polar surface area (TPSA) is 84.9 Å². The molecule has 1 heterocycles. The second-order valence-electron chi connectivity index (χ2n) is 5.46. The summed E-state index contributed by atoms with van der Waals surface area (Å²) in [5.41, 5.74) is 10.4. The summed E-state index contributed by atoms with van der Waals surface area (Å²) in [7, 11) is 1.62. The number of hydrogen-bond acceptors (Lipinski definition) is 5. The van der Waals surface area contributed by atoms with Gasteiger partial charge >= 0.3 is 0 Å². The van der Waals surface area contributed by atoms with Crippen molar-refractivity contribution in [3.63, 3.8) is 0 Å². The first-order valence-electron chi connectivity index (χ1n) is 7.51. The van der Waals surface area contributed by atoms with E-state index in [-0.39, 0.29) is 5.95 Å². The molecule has 0 atom stereocenters. The van der Waals surface area contributed by atoms with Crippen LogP contribution in [0.5, 0.6) is 0 Å². The van der Waals surface area contributed by atoms with Crippen molar-refractivity contribution in [3.8, 4) is 0 Å². The van der Waals surface area contributed by atoms with E-state index in [0.29, 0.717) is 22.7 Å². The van der Waals surface area contributed by atoms with Crippen molar-refractivity contribution in [1.82, 2.24) is 9.97 Å². The average Bonchev–Trinajstić information content (AvgIpc) is 2.59. The van der Waals surface area contributed by atoms with Crippen LogP contribution in [0.1, 0.15) is 16.8 Å². The van der Waals surface area contributed by atoms with Gasteiger partial charge in [0.2, 0.25) is 5.95 Å². The molecule has 5 heteroatoms. The predicted octanol–water partition coefficient (Wildman–Crippen LogP) is 3.40. The van der Waals surface area contributed by atoms with Gasteiger partial charge in [-0.3, -0.25) is 0 Å². The zero-order valence-electron chi connectivity index (χ0n) is 13.6. The number of nitrogens with two attached hydrogens (primary N) is 1. The van der Waals surface area contributed by atoms with E-state index in [4.69, 9.17) is 15.9 Å². The highest BCUT2D eigenvalue weighted by Crippen LogP contribution is 2.28. The fraction of sp³-hybridized carbons (Fsp3) is 0.105. The van der Waals surface area contributed by atoms with E-state index in [1.807, 2.05) is 43.3 Å². The van der Waals surface area contributed by atoms with Crippen molar-refractivity contribution in [2.24, 2.45) is 0 Å². The SMILES string of the molecule is CO/C(=C1/C=C(c2ccnc(N)n2)C=CC1=N)c1ccc(C)cc1. The van der Waals surface area contributed by atoms with Gasteiger partial charge in [-0.15, -0.1) is 0 Å². The highest BCUT2D eigenvalue weighted by molar-refractivity contribution is 6.16. The molecule has 0 saturated heterocycles. The van der Waals surface area contributed by atoms with Gasteiger partial charge in [0.15, 0.2) is 0 Å². The first-order valence-corrected chi connectivity index (χ1v) is 7.51. The molecule has 0 radical (unpaired) electrons. The Morgan fingerprint density at radius 2 is 1.88 bits per heavy atom. The van der Waals surface area contributed by atoms with Gasteiger partial charge in [-0.2, -0.15) is 0 Å². The van der Waals surface area contributed by atoms with Gasteiger partial charge in [-0.05, 0) is 25.1 Å². The summed E-state index contributed by atoms with van der Waals surface area (Å²) in [5, 5.41) is 8.24. The zero-order valence-corrected chi connectivity index (χ0v) is 13.6. The number of rotatable bonds is 3. The summed E-state index contributed by atoms with van der Waals surface area (Å²) in [6.45, 7) is 2.03. The number of nitrogens with one attached hydrogen (secondary N) is 1. The maximum Gasteiger partial charge on any atom is 0.220 e. The van der Waals surface area contributed by atoms with E-state index < -0.39 is 0 Å². The number of ether oxygens (including phenoxy) is 1. The molecular formula is C19H18N4O. The molecule has 3 N–H and O–H groups in total. The van der Waals surface area contributed by atoms with Gasteiger partial charge in [0, 0.05) is 22.9 Å². The smallest absolute Gasteiger partial charge is 0.220 e. The standard InChI is InChI=1S/C19H18N4O/c1-12-3-5-13(6-4-12)18(24-2)15-11-14(7-8-16(15)20)17-9-10-22-19(21)23-17/h3-11,20H,1-2H3,(H2,21,22,23)/b18-15-,20-16?. The number of aromatic nitrogens is 2. The highest BCUT2D eigenvalue weighted by Gasteiger charge is 2.16. The number of allylic oxidation sites excluding steroid dienone is 5. The molecule has 0 aliphatic heterocycles. The second-order valence-corrected chi connectivity index (χ2v) is 5.46. The van der Waals surface area contributed by atoms with Crippen LogP contribution in [0, 0.1) is 12.3 Å². The Balaban J connectivity index is 2.11. The molecule has 0 bridgehead atoms. The Morgan fingerprint density at radius 3 is 2.54 bits per heavy atom. The Hall–Kier alpha value is -3.21. The summed E-state index contributed by atoms with van der Waals surface area (Å²) in [5.74, 6) is 0.877. The minimum Gasteiger partial charge on any atom is -0.495 e. The summed E-state index contributed by atoms with van der Waals surface area (Å²) >= 11 is 0. The normalized spacial score (nSPS) is 15.9. The van der Waals surface area contributed by atoms with Gasteiger partial charge in [0.25, 0.3) is 0 Å². The van der Waals surface area contributed by atoms with Crippen LogP contribution >= 0.6 is 0 Å². The summed E-state index contributed by atoms with van der Waals surface area (Å²) in [6, 6.07) is 9.81. The quantitative estimate of drug-likeness (QED) is 0.849. The van der Waals surface area contributed by atoms with Crippen LogP contribution in [-0.4, -0.2) is 22.8 Å². The molecule has 1 aromatic carbocycles. The molecule has 0 amide bonds. The molecule has 1 aromatic heterocycles. The molecule has 24 heavy (non-hydrogen) atoms. The number of anilines is 1. The minimum atomic E-state index is 0.221. The van der Waals surface area contributed by atoms with Crippen molar-refractivity contribution in [2.45, 2.75) is 6.92 Å². The minimum absolute atomic E-state index is 0.221. The molecule has 120 valence electrons. The summed E-state index contributed by atoms with van der Waals surface area (Å²) in [6.07, 6.45) is 7.09. The molecule has 0 unspecified atom stereocenters. The lowest BCUT2D eigenvalue weighted by molar-refractivity contribution is 0.369. The largest absolute Gasteiger partial charge is 0.495 e. The van der Waals surface area contributed by atoms with Crippen LogP contribution in [0.2, 0.25) is 0 Å². The summed E-state index contributed by atoms with van der Waals surface area (Å²) < 4.78 is 5.60. The Kier molecular flexibility index (Phi) is 4.24. The molecule has 1 aliphatic rings. The molecule has 1 aliphatic carbocycles. The van der Waals surface area contributed by atoms with Crippen LogP contribution < -0.4 is 5.73 Å². The van der Waals surface area contributed by atoms with Gasteiger partial charge in [0.1, 0.15) is 5.76 Å². The third-order valence-corrected chi connectivity index (χ3v) is 3.75. The van der Waals surface area contributed by atoms with Crippen molar-refractivity contribution in [3.05, 3.63) is 77.2 Å². The lowest BCUT2D eigenvalue weighted by atomic mass is 9.95. The number of benzene rings is 1. The second kappa shape index (κ2) is 6.50. The van der Waals surface area contributed by atoms with Crippen LogP contribution in [0.3, 0.4) is 0 Å². The first kappa shape index (κ1) is 15.7. The number of hydrogen-bond donors (Lipinski definition) is 2. The predicted molar refractivity (Wildman–Crippen MR) is 96.4 cm³/mol. The Labute approximate surface area is 140 Å². The van der Waals surface area contributed by atoms with Crippen molar-refractivity contribution < 1.29 is 4.74 Å². The maximum atomic E-state index is 8.24.